The summed E-state index contributed by atoms with van der Waals surface area (Å²) in [5.74, 6) is 1.55. The number of amides is 1. The minimum Gasteiger partial charge on any atom is -0.371 e. The van der Waals surface area contributed by atoms with Crippen molar-refractivity contribution in [2.24, 2.45) is 5.92 Å². The number of para-hydroxylation sites is 1. The van der Waals surface area contributed by atoms with E-state index in [4.69, 9.17) is 0 Å². The van der Waals surface area contributed by atoms with Gasteiger partial charge in [0.05, 0.1) is 5.56 Å². The van der Waals surface area contributed by atoms with E-state index in [1.54, 1.807) is 18.1 Å². The van der Waals surface area contributed by atoms with Gasteiger partial charge in [-0.05, 0) is 43.5 Å². The second-order valence-corrected chi connectivity index (χ2v) is 7.04. The Morgan fingerprint density at radius 2 is 1.96 bits per heavy atom. The number of carbonyl (C=O) groups excluding carboxylic acids is 1. The highest BCUT2D eigenvalue weighted by atomic mass is 16.2. The van der Waals surface area contributed by atoms with Crippen LogP contribution in [0.3, 0.4) is 0 Å². The van der Waals surface area contributed by atoms with E-state index >= 15 is 0 Å². The number of nitrogens with zero attached hydrogens (tertiary/aromatic N) is 4. The van der Waals surface area contributed by atoms with Crippen LogP contribution in [0.15, 0.2) is 48.7 Å². The molecule has 5 heteroatoms. The lowest BCUT2D eigenvalue weighted by molar-refractivity contribution is 0.0802. The third-order valence-corrected chi connectivity index (χ3v) is 5.15. The molecule has 1 amide bonds. The van der Waals surface area contributed by atoms with Crippen LogP contribution in [0.2, 0.25) is 0 Å². The summed E-state index contributed by atoms with van der Waals surface area (Å²) in [6.07, 6.45) is 2.88. The van der Waals surface area contributed by atoms with E-state index < -0.39 is 0 Å². The fourth-order valence-corrected chi connectivity index (χ4v) is 3.44. The molecule has 5 nitrogen and oxygen atoms in total. The first-order valence-corrected chi connectivity index (χ1v) is 9.31. The Kier molecular flexibility index (Phi) is 5.76. The molecular formula is C21H28N4O. The zero-order valence-electron chi connectivity index (χ0n) is 15.9. The molecular weight excluding hydrogens is 324 g/mol. The van der Waals surface area contributed by atoms with E-state index in [1.807, 2.05) is 19.1 Å². The number of rotatable bonds is 6. The van der Waals surface area contributed by atoms with E-state index in [1.165, 1.54) is 12.1 Å². The van der Waals surface area contributed by atoms with Crippen molar-refractivity contribution in [3.8, 4) is 0 Å². The summed E-state index contributed by atoms with van der Waals surface area (Å²) in [7, 11) is 3.88. The zero-order chi connectivity index (χ0) is 18.5. The number of pyridine rings is 1. The van der Waals surface area contributed by atoms with Crippen LogP contribution in [0.25, 0.3) is 0 Å². The van der Waals surface area contributed by atoms with Crippen molar-refractivity contribution in [3.63, 3.8) is 0 Å². The first-order valence-electron chi connectivity index (χ1n) is 9.31. The topological polar surface area (TPSA) is 39.7 Å². The Balaban J connectivity index is 1.57. The quantitative estimate of drug-likeness (QED) is 0.801. The lowest BCUT2D eigenvalue weighted by atomic mass is 10.1. The second-order valence-electron chi connectivity index (χ2n) is 7.04. The molecule has 0 N–H and O–H groups in total. The van der Waals surface area contributed by atoms with E-state index in [0.29, 0.717) is 18.0 Å². The predicted octanol–water partition coefficient (Wildman–Crippen LogP) is 3.14. The van der Waals surface area contributed by atoms with Crippen LogP contribution >= 0.6 is 0 Å². The molecule has 1 atom stereocenters. The van der Waals surface area contributed by atoms with Crippen LogP contribution in [0.5, 0.6) is 0 Å². The van der Waals surface area contributed by atoms with Gasteiger partial charge in [-0.25, -0.2) is 4.98 Å². The number of benzene rings is 1. The average Bonchev–Trinajstić information content (AvgIpc) is 3.16. The maximum Gasteiger partial charge on any atom is 0.255 e. The molecule has 2 aromatic rings. The highest BCUT2D eigenvalue weighted by Crippen LogP contribution is 2.25. The van der Waals surface area contributed by atoms with E-state index in [0.717, 1.165) is 25.5 Å². The van der Waals surface area contributed by atoms with Gasteiger partial charge in [0, 0.05) is 52.2 Å². The monoisotopic (exact) mass is 352 g/mol. The first-order chi connectivity index (χ1) is 12.6. The van der Waals surface area contributed by atoms with Crippen LogP contribution in [0, 0.1) is 5.92 Å². The summed E-state index contributed by atoms with van der Waals surface area (Å²) < 4.78 is 0. The van der Waals surface area contributed by atoms with Gasteiger partial charge in [0.2, 0.25) is 0 Å². The number of anilines is 2. The van der Waals surface area contributed by atoms with Gasteiger partial charge in [-0.15, -0.1) is 0 Å². The van der Waals surface area contributed by atoms with Crippen molar-refractivity contribution in [3.05, 3.63) is 54.2 Å². The SMILES string of the molecule is CCN(C)C(=O)c1ccc(N(C)C[C@@H]2CCN(c3ccccc3)C2)nc1. The highest BCUT2D eigenvalue weighted by Gasteiger charge is 2.24. The largest absolute Gasteiger partial charge is 0.371 e. The van der Waals surface area contributed by atoms with Gasteiger partial charge in [0.1, 0.15) is 5.82 Å². The summed E-state index contributed by atoms with van der Waals surface area (Å²) in [5, 5.41) is 0. The van der Waals surface area contributed by atoms with Crippen LogP contribution < -0.4 is 9.80 Å². The molecule has 0 bridgehead atoms. The molecule has 1 aromatic heterocycles. The van der Waals surface area contributed by atoms with Gasteiger partial charge in [-0.2, -0.15) is 0 Å². The molecule has 138 valence electrons. The Labute approximate surface area is 156 Å². The number of aromatic nitrogens is 1. The van der Waals surface area contributed by atoms with Gasteiger partial charge in [0.15, 0.2) is 0 Å². The maximum absolute atomic E-state index is 12.2. The minimum absolute atomic E-state index is 0.0171. The molecule has 0 aliphatic carbocycles. The molecule has 26 heavy (non-hydrogen) atoms. The molecule has 2 heterocycles. The number of hydrogen-bond acceptors (Lipinski definition) is 4. The van der Waals surface area contributed by atoms with Crippen LogP contribution in [0.1, 0.15) is 23.7 Å². The van der Waals surface area contributed by atoms with Crippen molar-refractivity contribution < 1.29 is 4.79 Å². The highest BCUT2D eigenvalue weighted by molar-refractivity contribution is 5.93. The Bertz CT molecular complexity index is 717. The number of carbonyl (C=O) groups is 1. The molecule has 3 rings (SSSR count). The van der Waals surface area contributed by atoms with Crippen molar-refractivity contribution in [1.29, 1.82) is 0 Å². The molecule has 0 spiro atoms. The summed E-state index contributed by atoms with van der Waals surface area (Å²) in [6.45, 7) is 5.81. The van der Waals surface area contributed by atoms with Crippen LogP contribution in [0.4, 0.5) is 11.5 Å². The van der Waals surface area contributed by atoms with Gasteiger partial charge in [-0.1, -0.05) is 18.2 Å². The van der Waals surface area contributed by atoms with Crippen molar-refractivity contribution in [2.45, 2.75) is 13.3 Å². The molecule has 1 aliphatic rings. The molecule has 0 radical (unpaired) electrons. The Hall–Kier alpha value is -2.56. The summed E-state index contributed by atoms with van der Waals surface area (Å²) in [4.78, 5) is 23.0. The molecule has 0 saturated carbocycles. The van der Waals surface area contributed by atoms with Gasteiger partial charge >= 0.3 is 0 Å². The lowest BCUT2D eigenvalue weighted by Gasteiger charge is -2.23. The van der Waals surface area contributed by atoms with Crippen LogP contribution in [-0.2, 0) is 0 Å². The molecule has 1 fully saturated rings. The Morgan fingerprint density at radius 1 is 1.19 bits per heavy atom. The van der Waals surface area contributed by atoms with E-state index in [9.17, 15) is 4.79 Å². The summed E-state index contributed by atoms with van der Waals surface area (Å²) >= 11 is 0. The summed E-state index contributed by atoms with van der Waals surface area (Å²) in [5.41, 5.74) is 1.95. The molecule has 0 unspecified atom stereocenters. The summed E-state index contributed by atoms with van der Waals surface area (Å²) in [6, 6.07) is 14.4. The third-order valence-electron chi connectivity index (χ3n) is 5.15. The fraction of sp³-hybridized carbons (Fsp3) is 0.429. The van der Waals surface area contributed by atoms with Crippen molar-refractivity contribution in [1.82, 2.24) is 9.88 Å². The van der Waals surface area contributed by atoms with Gasteiger partial charge in [-0.3, -0.25) is 4.79 Å². The first kappa shape index (κ1) is 18.2. The van der Waals surface area contributed by atoms with E-state index in [2.05, 4.69) is 52.2 Å². The normalized spacial score (nSPS) is 16.6. The number of hydrogen-bond donors (Lipinski definition) is 0. The predicted molar refractivity (Wildman–Crippen MR) is 107 cm³/mol. The van der Waals surface area contributed by atoms with Gasteiger partial charge < -0.3 is 14.7 Å². The molecule has 1 aliphatic heterocycles. The van der Waals surface area contributed by atoms with Gasteiger partial charge in [0.25, 0.3) is 5.91 Å². The Morgan fingerprint density at radius 3 is 2.62 bits per heavy atom. The lowest BCUT2D eigenvalue weighted by Crippen LogP contribution is -2.29. The maximum atomic E-state index is 12.2. The van der Waals surface area contributed by atoms with E-state index in [-0.39, 0.29) is 5.91 Å². The smallest absolute Gasteiger partial charge is 0.255 e. The van der Waals surface area contributed by atoms with Crippen molar-refractivity contribution >= 4 is 17.4 Å². The second kappa shape index (κ2) is 8.21. The standard InChI is InChI=1S/C21H28N4O/c1-4-23(2)21(26)18-10-11-20(22-14-18)24(3)15-17-12-13-25(16-17)19-8-6-5-7-9-19/h5-11,14,17H,4,12-13,15-16H2,1-3H3/t17-/m0/s1. The van der Waals surface area contributed by atoms with Crippen LogP contribution in [-0.4, -0.2) is 56.1 Å². The molecule has 1 aromatic carbocycles. The zero-order valence-corrected chi connectivity index (χ0v) is 15.9. The minimum atomic E-state index is 0.0171. The van der Waals surface area contributed by atoms with Crippen molar-refractivity contribution in [2.75, 3.05) is 50.1 Å². The molecule has 1 saturated heterocycles. The fourth-order valence-electron chi connectivity index (χ4n) is 3.44. The average molecular weight is 352 g/mol. The third kappa shape index (κ3) is 4.15.